The Morgan fingerprint density at radius 1 is 1.06 bits per heavy atom. The molecule has 1 aliphatic rings. The molecule has 1 unspecified atom stereocenters. The maximum atomic E-state index is 13.6. The normalized spacial score (nSPS) is 17.2. The standard InChI is InChI=1S/C26H21ClFNO5/c1-3-34-19-11-12-21(27)20(14-19)24(30)22-23(15-5-4-6-18(13-15)33-2)29(26(32)25(22)31)17-9-7-16(28)8-10-17/h4-14,23,30H,3H2,1-2H3/b24-22+. The van der Waals surface area contributed by atoms with Crippen LogP contribution < -0.4 is 14.4 Å². The van der Waals surface area contributed by atoms with Crippen LogP contribution in [0.4, 0.5) is 10.1 Å². The molecule has 34 heavy (non-hydrogen) atoms. The minimum Gasteiger partial charge on any atom is -0.507 e. The van der Waals surface area contributed by atoms with Crippen molar-refractivity contribution in [2.45, 2.75) is 13.0 Å². The number of rotatable bonds is 6. The van der Waals surface area contributed by atoms with Crippen LogP contribution in [0.15, 0.2) is 72.3 Å². The topological polar surface area (TPSA) is 76.1 Å². The number of carbonyl (C=O) groups excluding carboxylic acids is 2. The number of ketones is 1. The van der Waals surface area contributed by atoms with Gasteiger partial charge in [0.15, 0.2) is 0 Å². The molecule has 0 spiro atoms. The van der Waals surface area contributed by atoms with Crippen LogP contribution in [-0.4, -0.2) is 30.5 Å². The van der Waals surface area contributed by atoms with E-state index in [1.54, 1.807) is 30.3 Å². The Balaban J connectivity index is 1.96. The Hall–Kier alpha value is -3.84. The molecule has 1 heterocycles. The molecular weight excluding hydrogens is 461 g/mol. The second-order valence-corrected chi connectivity index (χ2v) is 7.90. The van der Waals surface area contributed by atoms with Gasteiger partial charge in [-0.3, -0.25) is 14.5 Å². The number of carbonyl (C=O) groups is 2. The molecule has 1 saturated heterocycles. The van der Waals surface area contributed by atoms with Crippen LogP contribution in [0.2, 0.25) is 5.02 Å². The summed E-state index contributed by atoms with van der Waals surface area (Å²) in [5.74, 6) is -1.75. The number of hydrogen-bond acceptors (Lipinski definition) is 5. The average Bonchev–Trinajstić information content (AvgIpc) is 3.11. The summed E-state index contributed by atoms with van der Waals surface area (Å²) in [4.78, 5) is 27.6. The van der Waals surface area contributed by atoms with Gasteiger partial charge in [-0.1, -0.05) is 23.7 Å². The molecule has 0 saturated carbocycles. The van der Waals surface area contributed by atoms with Crippen LogP contribution in [0.3, 0.4) is 0 Å². The summed E-state index contributed by atoms with van der Waals surface area (Å²) in [6.45, 7) is 2.20. The number of ether oxygens (including phenoxy) is 2. The predicted octanol–water partition coefficient (Wildman–Crippen LogP) is 5.51. The third-order valence-electron chi connectivity index (χ3n) is 5.46. The fraction of sp³-hybridized carbons (Fsp3) is 0.154. The number of methoxy groups -OCH3 is 1. The third-order valence-corrected chi connectivity index (χ3v) is 5.79. The fourth-order valence-electron chi connectivity index (χ4n) is 3.91. The van der Waals surface area contributed by atoms with Crippen LogP contribution in [-0.2, 0) is 9.59 Å². The Labute approximate surface area is 200 Å². The highest BCUT2D eigenvalue weighted by Crippen LogP contribution is 2.44. The minimum absolute atomic E-state index is 0.151. The lowest BCUT2D eigenvalue weighted by Gasteiger charge is -2.25. The van der Waals surface area contributed by atoms with E-state index in [2.05, 4.69) is 0 Å². The second kappa shape index (κ2) is 9.57. The van der Waals surface area contributed by atoms with Gasteiger partial charge in [-0.25, -0.2) is 4.39 Å². The van der Waals surface area contributed by atoms with Gasteiger partial charge in [-0.05, 0) is 67.1 Å². The lowest BCUT2D eigenvalue weighted by molar-refractivity contribution is -0.132. The lowest BCUT2D eigenvalue weighted by atomic mass is 9.95. The molecule has 1 amide bonds. The zero-order valence-electron chi connectivity index (χ0n) is 18.4. The van der Waals surface area contributed by atoms with Gasteiger partial charge in [0, 0.05) is 11.3 Å². The van der Waals surface area contributed by atoms with Crippen molar-refractivity contribution >= 4 is 34.7 Å². The fourth-order valence-corrected chi connectivity index (χ4v) is 4.12. The number of anilines is 1. The van der Waals surface area contributed by atoms with Gasteiger partial charge in [-0.15, -0.1) is 0 Å². The van der Waals surface area contributed by atoms with Crippen molar-refractivity contribution in [1.82, 2.24) is 0 Å². The number of aliphatic hydroxyl groups excluding tert-OH is 1. The van der Waals surface area contributed by atoms with E-state index in [0.717, 1.165) is 0 Å². The van der Waals surface area contributed by atoms with Gasteiger partial charge in [0.2, 0.25) is 0 Å². The van der Waals surface area contributed by atoms with Gasteiger partial charge in [-0.2, -0.15) is 0 Å². The largest absolute Gasteiger partial charge is 0.507 e. The van der Waals surface area contributed by atoms with E-state index in [4.69, 9.17) is 21.1 Å². The number of amides is 1. The molecule has 4 rings (SSSR count). The summed E-state index contributed by atoms with van der Waals surface area (Å²) in [6.07, 6.45) is 0. The molecule has 1 N–H and O–H groups in total. The number of Topliss-reactive ketones (excluding diaryl/α,β-unsaturated/α-hetero) is 1. The number of aliphatic hydroxyl groups is 1. The predicted molar refractivity (Wildman–Crippen MR) is 127 cm³/mol. The summed E-state index contributed by atoms with van der Waals surface area (Å²) in [7, 11) is 1.50. The summed E-state index contributed by atoms with van der Waals surface area (Å²) in [5.41, 5.74) is 0.807. The molecule has 3 aromatic rings. The van der Waals surface area contributed by atoms with E-state index in [1.807, 2.05) is 6.92 Å². The number of benzene rings is 3. The van der Waals surface area contributed by atoms with Crippen molar-refractivity contribution in [3.05, 3.63) is 94.3 Å². The van der Waals surface area contributed by atoms with E-state index in [1.165, 1.54) is 48.4 Å². The summed E-state index contributed by atoms with van der Waals surface area (Å²) < 4.78 is 24.4. The highest BCUT2D eigenvalue weighted by molar-refractivity contribution is 6.52. The van der Waals surface area contributed by atoms with Gasteiger partial charge in [0.1, 0.15) is 23.1 Å². The number of nitrogens with zero attached hydrogens (tertiary/aromatic N) is 1. The van der Waals surface area contributed by atoms with Gasteiger partial charge in [0.05, 0.1) is 30.4 Å². The highest BCUT2D eigenvalue weighted by Gasteiger charge is 2.47. The number of hydrogen-bond donors (Lipinski definition) is 1. The van der Waals surface area contributed by atoms with Gasteiger partial charge >= 0.3 is 0 Å². The van der Waals surface area contributed by atoms with Gasteiger partial charge in [0.25, 0.3) is 11.7 Å². The van der Waals surface area contributed by atoms with Crippen LogP contribution in [0.1, 0.15) is 24.1 Å². The number of halogens is 2. The van der Waals surface area contributed by atoms with E-state index < -0.39 is 29.3 Å². The average molecular weight is 482 g/mol. The smallest absolute Gasteiger partial charge is 0.300 e. The molecule has 1 fully saturated rings. The Kier molecular flexibility index (Phi) is 6.56. The van der Waals surface area contributed by atoms with Crippen molar-refractivity contribution in [2.75, 3.05) is 18.6 Å². The molecule has 0 bridgehead atoms. The van der Waals surface area contributed by atoms with Crippen LogP contribution in [0, 0.1) is 5.82 Å². The van der Waals surface area contributed by atoms with E-state index >= 15 is 0 Å². The van der Waals surface area contributed by atoms with Crippen molar-refractivity contribution in [1.29, 1.82) is 0 Å². The van der Waals surface area contributed by atoms with Crippen LogP contribution >= 0.6 is 11.6 Å². The van der Waals surface area contributed by atoms with Crippen molar-refractivity contribution in [3.63, 3.8) is 0 Å². The molecule has 0 aliphatic carbocycles. The summed E-state index contributed by atoms with van der Waals surface area (Å²) in [6, 6.07) is 15.7. The first-order valence-corrected chi connectivity index (χ1v) is 10.9. The molecule has 3 aromatic carbocycles. The van der Waals surface area contributed by atoms with Crippen molar-refractivity contribution in [2.24, 2.45) is 0 Å². The summed E-state index contributed by atoms with van der Waals surface area (Å²) in [5, 5.41) is 11.5. The molecular formula is C26H21ClFNO5. The SMILES string of the molecule is CCOc1ccc(Cl)c(/C(O)=C2\C(=O)C(=O)N(c3ccc(F)cc3)C2c2cccc(OC)c2)c1. The second-order valence-electron chi connectivity index (χ2n) is 7.50. The first-order chi connectivity index (χ1) is 16.3. The quantitative estimate of drug-likeness (QED) is 0.285. The molecule has 8 heteroatoms. The minimum atomic E-state index is -1.01. The molecule has 6 nitrogen and oxygen atoms in total. The molecule has 0 aromatic heterocycles. The molecule has 0 radical (unpaired) electrons. The summed E-state index contributed by atoms with van der Waals surface area (Å²) >= 11 is 6.34. The van der Waals surface area contributed by atoms with Crippen LogP contribution in [0.5, 0.6) is 11.5 Å². The third kappa shape index (κ3) is 4.22. The highest BCUT2D eigenvalue weighted by atomic mass is 35.5. The van der Waals surface area contributed by atoms with Gasteiger partial charge < -0.3 is 14.6 Å². The Bertz CT molecular complexity index is 1290. The maximum Gasteiger partial charge on any atom is 0.300 e. The van der Waals surface area contributed by atoms with E-state index in [0.29, 0.717) is 29.4 Å². The first kappa shape index (κ1) is 23.3. The Morgan fingerprint density at radius 3 is 2.47 bits per heavy atom. The maximum absolute atomic E-state index is 13.6. The molecule has 174 valence electrons. The van der Waals surface area contributed by atoms with Crippen LogP contribution in [0.25, 0.3) is 5.76 Å². The van der Waals surface area contributed by atoms with E-state index in [9.17, 15) is 19.1 Å². The van der Waals surface area contributed by atoms with Crippen molar-refractivity contribution < 1.29 is 28.6 Å². The zero-order chi connectivity index (χ0) is 24.4. The zero-order valence-corrected chi connectivity index (χ0v) is 19.2. The first-order valence-electron chi connectivity index (χ1n) is 10.5. The Morgan fingerprint density at radius 2 is 1.79 bits per heavy atom. The monoisotopic (exact) mass is 481 g/mol. The molecule has 1 aliphatic heterocycles. The van der Waals surface area contributed by atoms with E-state index in [-0.39, 0.29) is 16.2 Å². The molecule has 1 atom stereocenters. The van der Waals surface area contributed by atoms with Crippen molar-refractivity contribution in [3.8, 4) is 11.5 Å². The lowest BCUT2D eigenvalue weighted by Crippen LogP contribution is -2.29.